The van der Waals surface area contributed by atoms with Gasteiger partial charge in [-0.25, -0.2) is 4.98 Å². The number of hydrogen-bond donors (Lipinski definition) is 1. The van der Waals surface area contributed by atoms with Crippen LogP contribution in [0.3, 0.4) is 0 Å². The maximum Gasteiger partial charge on any atom is 0.264 e. The first kappa shape index (κ1) is 21.0. The number of methoxy groups -OCH3 is 1. The van der Waals surface area contributed by atoms with Gasteiger partial charge in [-0.3, -0.25) is 14.5 Å². The summed E-state index contributed by atoms with van der Waals surface area (Å²) in [5, 5.41) is 3.85. The number of aromatic nitrogens is 1. The van der Waals surface area contributed by atoms with Crippen molar-refractivity contribution in [3.8, 4) is 0 Å². The molecule has 3 heterocycles. The van der Waals surface area contributed by atoms with Crippen LogP contribution in [0.4, 0.5) is 5.13 Å². The van der Waals surface area contributed by atoms with Gasteiger partial charge in [0.1, 0.15) is 4.83 Å². The lowest BCUT2D eigenvalue weighted by Crippen LogP contribution is -2.51. The van der Waals surface area contributed by atoms with E-state index in [9.17, 15) is 9.59 Å². The Morgan fingerprint density at radius 1 is 1.25 bits per heavy atom. The summed E-state index contributed by atoms with van der Waals surface area (Å²) in [6, 6.07) is 1.95. The van der Waals surface area contributed by atoms with Crippen LogP contribution < -0.4 is 10.2 Å². The molecule has 2 amide bonds. The summed E-state index contributed by atoms with van der Waals surface area (Å²) in [6.45, 7) is 4.34. The van der Waals surface area contributed by atoms with E-state index in [0.29, 0.717) is 45.9 Å². The Morgan fingerprint density at radius 2 is 2.00 bits per heavy atom. The molecule has 0 spiro atoms. The molecule has 10 heteroatoms. The number of hydrogen-bond acceptors (Lipinski definition) is 8. The number of nitrogens with one attached hydrogen (secondary N) is 1. The molecular formula is C18H27N5O3S2. The molecule has 0 radical (unpaired) electrons. The van der Waals surface area contributed by atoms with Crippen molar-refractivity contribution in [3.63, 3.8) is 0 Å². The number of ether oxygens (including phenoxy) is 1. The van der Waals surface area contributed by atoms with Crippen molar-refractivity contribution < 1.29 is 14.3 Å². The fourth-order valence-electron chi connectivity index (χ4n) is 2.99. The summed E-state index contributed by atoms with van der Waals surface area (Å²) in [6.07, 6.45) is 0.813. The van der Waals surface area contributed by atoms with E-state index in [1.54, 1.807) is 18.4 Å². The highest BCUT2D eigenvalue weighted by molar-refractivity contribution is 7.29. The van der Waals surface area contributed by atoms with Crippen molar-refractivity contribution in [1.29, 1.82) is 0 Å². The Morgan fingerprint density at radius 3 is 2.64 bits per heavy atom. The molecule has 0 saturated carbocycles. The number of thiazole rings is 1. The number of anilines is 1. The molecule has 2 aromatic heterocycles. The van der Waals surface area contributed by atoms with E-state index in [2.05, 4.69) is 15.2 Å². The van der Waals surface area contributed by atoms with Crippen LogP contribution >= 0.6 is 22.7 Å². The molecule has 154 valence electrons. The Kier molecular flexibility index (Phi) is 7.22. The number of fused-ring (bicyclic) bond motifs is 1. The van der Waals surface area contributed by atoms with Gasteiger partial charge < -0.3 is 19.9 Å². The van der Waals surface area contributed by atoms with Gasteiger partial charge in [0, 0.05) is 60.5 Å². The van der Waals surface area contributed by atoms with Crippen molar-refractivity contribution in [2.75, 3.05) is 72.0 Å². The standard InChI is InChI=1S/C18H27N5O3S2/c1-21(2)18-20-16-13(28-18)11-14(27-16)17(25)23-8-6-22(7-9-23)12-15(24)19-5-4-10-26-3/h11H,4-10,12H2,1-3H3,(H,19,24). The largest absolute Gasteiger partial charge is 0.385 e. The lowest BCUT2D eigenvalue weighted by molar-refractivity contribution is -0.122. The molecule has 1 aliphatic rings. The first-order chi connectivity index (χ1) is 13.5. The topological polar surface area (TPSA) is 78.0 Å². The van der Waals surface area contributed by atoms with Gasteiger partial charge in [0.2, 0.25) is 5.91 Å². The van der Waals surface area contributed by atoms with Crippen LogP contribution in [-0.4, -0.2) is 93.7 Å². The van der Waals surface area contributed by atoms with Gasteiger partial charge in [0.05, 0.1) is 16.1 Å². The second kappa shape index (κ2) is 9.64. The molecule has 0 aliphatic carbocycles. The summed E-state index contributed by atoms with van der Waals surface area (Å²) >= 11 is 3.06. The second-order valence-electron chi connectivity index (χ2n) is 6.94. The van der Waals surface area contributed by atoms with Crippen molar-refractivity contribution in [2.24, 2.45) is 0 Å². The Balaban J connectivity index is 1.47. The number of piperazine rings is 1. The van der Waals surface area contributed by atoms with Gasteiger partial charge in [0.25, 0.3) is 5.91 Å². The third-order valence-corrected chi connectivity index (χ3v) is 6.86. The summed E-state index contributed by atoms with van der Waals surface area (Å²) in [5.41, 5.74) is 0. The van der Waals surface area contributed by atoms with Crippen LogP contribution in [0.2, 0.25) is 0 Å². The highest BCUT2D eigenvalue weighted by Gasteiger charge is 2.25. The van der Waals surface area contributed by atoms with E-state index in [4.69, 9.17) is 4.74 Å². The molecule has 28 heavy (non-hydrogen) atoms. The van der Waals surface area contributed by atoms with Crippen molar-refractivity contribution in [2.45, 2.75) is 6.42 Å². The summed E-state index contributed by atoms with van der Waals surface area (Å²) in [5.74, 6) is 0.0856. The molecule has 0 aromatic carbocycles. The van der Waals surface area contributed by atoms with E-state index in [1.165, 1.54) is 11.3 Å². The smallest absolute Gasteiger partial charge is 0.264 e. The van der Waals surface area contributed by atoms with E-state index in [0.717, 1.165) is 26.0 Å². The minimum atomic E-state index is 0.0251. The molecule has 0 unspecified atom stereocenters. The third-order valence-electron chi connectivity index (χ3n) is 4.55. The number of thiophene rings is 1. The molecule has 0 atom stereocenters. The van der Waals surface area contributed by atoms with Gasteiger partial charge >= 0.3 is 0 Å². The van der Waals surface area contributed by atoms with E-state index >= 15 is 0 Å². The fourth-order valence-corrected chi connectivity index (χ4v) is 5.09. The summed E-state index contributed by atoms with van der Waals surface area (Å²) in [7, 11) is 5.58. The molecule has 0 bridgehead atoms. The number of carbonyl (C=O) groups excluding carboxylic acids is 2. The molecule has 1 aliphatic heterocycles. The minimum absolute atomic E-state index is 0.0251. The zero-order valence-corrected chi connectivity index (χ0v) is 18.2. The minimum Gasteiger partial charge on any atom is -0.385 e. The van der Waals surface area contributed by atoms with E-state index in [-0.39, 0.29) is 11.8 Å². The van der Waals surface area contributed by atoms with Crippen LogP contribution in [0.15, 0.2) is 6.07 Å². The van der Waals surface area contributed by atoms with Gasteiger partial charge in [-0.05, 0) is 12.5 Å². The zero-order chi connectivity index (χ0) is 20.1. The summed E-state index contributed by atoms with van der Waals surface area (Å²) < 4.78 is 6.03. The summed E-state index contributed by atoms with van der Waals surface area (Å²) in [4.78, 5) is 37.0. The average Bonchev–Trinajstić information content (AvgIpc) is 3.25. The number of carbonyl (C=O) groups is 2. The Labute approximate surface area is 173 Å². The molecular weight excluding hydrogens is 398 g/mol. The van der Waals surface area contributed by atoms with Crippen LogP contribution in [0.5, 0.6) is 0 Å². The molecule has 8 nitrogen and oxygen atoms in total. The van der Waals surface area contributed by atoms with Crippen molar-refractivity contribution >= 4 is 49.1 Å². The van der Waals surface area contributed by atoms with Crippen LogP contribution in [0.25, 0.3) is 9.53 Å². The maximum atomic E-state index is 12.8. The number of amides is 2. The van der Waals surface area contributed by atoms with Crippen LogP contribution in [0.1, 0.15) is 16.1 Å². The zero-order valence-electron chi connectivity index (χ0n) is 16.6. The highest BCUT2D eigenvalue weighted by atomic mass is 32.1. The molecule has 1 fully saturated rings. The lowest BCUT2D eigenvalue weighted by Gasteiger charge is -2.34. The van der Waals surface area contributed by atoms with Crippen LogP contribution in [0, 0.1) is 0 Å². The van der Waals surface area contributed by atoms with Gasteiger partial charge in [-0.1, -0.05) is 11.3 Å². The lowest BCUT2D eigenvalue weighted by atomic mass is 10.3. The van der Waals surface area contributed by atoms with Gasteiger partial charge in [0.15, 0.2) is 5.13 Å². The first-order valence-corrected chi connectivity index (χ1v) is 11.0. The SMILES string of the molecule is COCCCNC(=O)CN1CCN(C(=O)c2cc3sc(N(C)C)nc3s2)CC1. The Hall–Kier alpha value is -1.75. The fraction of sp³-hybridized carbons (Fsp3) is 0.611. The Bertz CT molecular complexity index is 780. The van der Waals surface area contributed by atoms with E-state index < -0.39 is 0 Å². The third kappa shape index (κ3) is 5.19. The van der Waals surface area contributed by atoms with Gasteiger partial charge in [-0.15, -0.1) is 11.3 Å². The molecule has 1 saturated heterocycles. The quantitative estimate of drug-likeness (QED) is 0.643. The number of nitrogens with zero attached hydrogens (tertiary/aromatic N) is 4. The van der Waals surface area contributed by atoms with Crippen molar-refractivity contribution in [1.82, 2.24) is 20.1 Å². The molecule has 3 rings (SSSR count). The average molecular weight is 426 g/mol. The maximum absolute atomic E-state index is 12.8. The number of rotatable bonds is 8. The second-order valence-corrected chi connectivity index (χ2v) is 8.98. The first-order valence-electron chi connectivity index (χ1n) is 9.33. The van der Waals surface area contributed by atoms with E-state index in [1.807, 2.05) is 30.0 Å². The predicted octanol–water partition coefficient (Wildman–Crippen LogP) is 1.33. The molecule has 2 aromatic rings. The van der Waals surface area contributed by atoms with Gasteiger partial charge in [-0.2, -0.15) is 0 Å². The monoisotopic (exact) mass is 425 g/mol. The van der Waals surface area contributed by atoms with Crippen molar-refractivity contribution in [3.05, 3.63) is 10.9 Å². The predicted molar refractivity (Wildman–Crippen MR) is 114 cm³/mol. The highest BCUT2D eigenvalue weighted by Crippen LogP contribution is 2.34. The normalized spacial score (nSPS) is 15.2. The molecule has 1 N–H and O–H groups in total. The van der Waals surface area contributed by atoms with Crippen LogP contribution in [-0.2, 0) is 9.53 Å².